The van der Waals surface area contributed by atoms with E-state index in [1.807, 2.05) is 29.1 Å². The van der Waals surface area contributed by atoms with Crippen LogP contribution in [0, 0.1) is 10.1 Å². The minimum atomic E-state index is -0.383. The summed E-state index contributed by atoms with van der Waals surface area (Å²) in [5.41, 5.74) is 1.96. The van der Waals surface area contributed by atoms with Crippen molar-refractivity contribution in [2.24, 2.45) is 0 Å². The molecule has 0 spiro atoms. The maximum absolute atomic E-state index is 10.7. The van der Waals surface area contributed by atoms with Crippen LogP contribution in [-0.2, 0) is 5.33 Å². The van der Waals surface area contributed by atoms with Gasteiger partial charge >= 0.3 is 0 Å². The molecule has 0 atom stereocenters. The van der Waals surface area contributed by atoms with E-state index in [0.29, 0.717) is 5.33 Å². The van der Waals surface area contributed by atoms with Gasteiger partial charge in [0.25, 0.3) is 5.69 Å². The summed E-state index contributed by atoms with van der Waals surface area (Å²) in [6.45, 7) is 0. The van der Waals surface area contributed by atoms with Gasteiger partial charge in [-0.05, 0) is 23.8 Å². The summed E-state index contributed by atoms with van der Waals surface area (Å²) < 4.78 is 1.93. The standard InChI is InChI=1S/C11H9BrN2O2/c12-8-9-7-10(14(15)16)3-4-11(9)13-5-1-2-6-13/h1-7H,8H2. The van der Waals surface area contributed by atoms with Crippen LogP contribution in [0.3, 0.4) is 0 Å². The van der Waals surface area contributed by atoms with Crippen molar-refractivity contribution in [3.63, 3.8) is 0 Å². The van der Waals surface area contributed by atoms with E-state index >= 15 is 0 Å². The molecule has 0 saturated heterocycles. The topological polar surface area (TPSA) is 48.1 Å². The molecule has 0 unspecified atom stereocenters. The molecule has 0 aliphatic carbocycles. The summed E-state index contributed by atoms with van der Waals surface area (Å²) in [5, 5.41) is 11.2. The van der Waals surface area contributed by atoms with Crippen molar-refractivity contribution in [2.75, 3.05) is 0 Å². The van der Waals surface area contributed by atoms with Crippen LogP contribution in [0.5, 0.6) is 0 Å². The van der Waals surface area contributed by atoms with E-state index in [4.69, 9.17) is 0 Å². The van der Waals surface area contributed by atoms with Crippen LogP contribution < -0.4 is 0 Å². The second-order valence-electron chi connectivity index (χ2n) is 3.29. The maximum atomic E-state index is 10.7. The Labute approximate surface area is 101 Å². The number of hydrogen-bond donors (Lipinski definition) is 0. The Bertz CT molecular complexity index is 509. The van der Waals surface area contributed by atoms with Gasteiger partial charge in [0.2, 0.25) is 0 Å². The lowest BCUT2D eigenvalue weighted by atomic mass is 10.2. The van der Waals surface area contributed by atoms with Crippen molar-refractivity contribution in [1.82, 2.24) is 4.57 Å². The molecular formula is C11H9BrN2O2. The van der Waals surface area contributed by atoms with Crippen molar-refractivity contribution in [3.05, 3.63) is 58.4 Å². The number of hydrogen-bond acceptors (Lipinski definition) is 2. The third-order valence-electron chi connectivity index (χ3n) is 2.30. The number of nitro benzene ring substituents is 1. The molecule has 0 aliphatic rings. The number of benzene rings is 1. The largest absolute Gasteiger partial charge is 0.324 e. The average Bonchev–Trinajstić information content (AvgIpc) is 2.81. The fraction of sp³-hybridized carbons (Fsp3) is 0.0909. The monoisotopic (exact) mass is 280 g/mol. The zero-order chi connectivity index (χ0) is 11.5. The lowest BCUT2D eigenvalue weighted by Gasteiger charge is -2.08. The van der Waals surface area contributed by atoms with Crippen LogP contribution in [0.25, 0.3) is 5.69 Å². The molecule has 5 heteroatoms. The highest BCUT2D eigenvalue weighted by atomic mass is 79.9. The van der Waals surface area contributed by atoms with Crippen molar-refractivity contribution in [3.8, 4) is 5.69 Å². The predicted octanol–water partition coefficient (Wildman–Crippen LogP) is 3.28. The molecule has 1 aromatic carbocycles. The van der Waals surface area contributed by atoms with Crippen molar-refractivity contribution >= 4 is 21.6 Å². The lowest BCUT2D eigenvalue weighted by molar-refractivity contribution is -0.384. The Morgan fingerprint density at radius 3 is 2.56 bits per heavy atom. The molecule has 1 heterocycles. The number of alkyl halides is 1. The predicted molar refractivity (Wildman–Crippen MR) is 65.1 cm³/mol. The van der Waals surface area contributed by atoms with Crippen LogP contribution >= 0.6 is 15.9 Å². The Kier molecular flexibility index (Phi) is 3.05. The van der Waals surface area contributed by atoms with E-state index in [9.17, 15) is 10.1 Å². The van der Waals surface area contributed by atoms with Crippen LogP contribution in [0.2, 0.25) is 0 Å². The Morgan fingerprint density at radius 1 is 1.31 bits per heavy atom. The highest BCUT2D eigenvalue weighted by Crippen LogP contribution is 2.23. The minimum absolute atomic E-state index is 0.116. The molecule has 0 amide bonds. The molecule has 0 saturated carbocycles. The van der Waals surface area contributed by atoms with Gasteiger partial charge in [-0.15, -0.1) is 0 Å². The van der Waals surface area contributed by atoms with Gasteiger partial charge in [-0.1, -0.05) is 15.9 Å². The summed E-state index contributed by atoms with van der Waals surface area (Å²) in [5.74, 6) is 0. The second-order valence-corrected chi connectivity index (χ2v) is 3.85. The average molecular weight is 281 g/mol. The van der Waals surface area contributed by atoms with Gasteiger partial charge in [0.15, 0.2) is 0 Å². The third kappa shape index (κ3) is 1.99. The molecule has 0 radical (unpaired) electrons. The molecule has 16 heavy (non-hydrogen) atoms. The van der Waals surface area contributed by atoms with Crippen molar-refractivity contribution < 1.29 is 4.92 Å². The second kappa shape index (κ2) is 4.49. The minimum Gasteiger partial charge on any atom is -0.324 e. The van der Waals surface area contributed by atoms with Gasteiger partial charge < -0.3 is 4.57 Å². The molecule has 0 bridgehead atoms. The molecule has 0 fully saturated rings. The SMILES string of the molecule is O=[N+]([O-])c1ccc(-n2cccc2)c(CBr)c1. The van der Waals surface area contributed by atoms with Crippen molar-refractivity contribution in [1.29, 1.82) is 0 Å². The number of aromatic nitrogens is 1. The highest BCUT2D eigenvalue weighted by molar-refractivity contribution is 9.08. The van der Waals surface area contributed by atoms with Crippen LogP contribution in [-0.4, -0.2) is 9.49 Å². The highest BCUT2D eigenvalue weighted by Gasteiger charge is 2.10. The maximum Gasteiger partial charge on any atom is 0.269 e. The smallest absolute Gasteiger partial charge is 0.269 e. The first-order chi connectivity index (χ1) is 7.72. The number of nitro groups is 1. The third-order valence-corrected chi connectivity index (χ3v) is 2.90. The summed E-state index contributed by atoms with van der Waals surface area (Å²) in [4.78, 5) is 10.3. The van der Waals surface area contributed by atoms with Gasteiger partial charge in [-0.2, -0.15) is 0 Å². The van der Waals surface area contributed by atoms with Gasteiger partial charge in [-0.3, -0.25) is 10.1 Å². The first kappa shape index (κ1) is 10.9. The first-order valence-corrected chi connectivity index (χ1v) is 5.81. The zero-order valence-corrected chi connectivity index (χ0v) is 9.92. The number of nitrogens with zero attached hydrogens (tertiary/aromatic N) is 2. The van der Waals surface area contributed by atoms with Gasteiger partial charge in [0.1, 0.15) is 0 Å². The number of halogens is 1. The summed E-state index contributed by atoms with van der Waals surface area (Å²) in [7, 11) is 0. The quantitative estimate of drug-likeness (QED) is 0.492. The number of rotatable bonds is 3. The molecule has 82 valence electrons. The molecule has 0 aliphatic heterocycles. The molecule has 2 rings (SSSR count). The fourth-order valence-electron chi connectivity index (χ4n) is 1.54. The summed E-state index contributed by atoms with van der Waals surface area (Å²) in [6, 6.07) is 8.69. The molecule has 4 nitrogen and oxygen atoms in total. The van der Waals surface area contributed by atoms with E-state index in [2.05, 4.69) is 15.9 Å². The van der Waals surface area contributed by atoms with E-state index in [-0.39, 0.29) is 10.6 Å². The first-order valence-electron chi connectivity index (χ1n) is 4.69. The van der Waals surface area contributed by atoms with Gasteiger partial charge in [-0.25, -0.2) is 0 Å². The van der Waals surface area contributed by atoms with Crippen molar-refractivity contribution in [2.45, 2.75) is 5.33 Å². The fourth-order valence-corrected chi connectivity index (χ4v) is 1.99. The van der Waals surface area contributed by atoms with E-state index in [0.717, 1.165) is 11.3 Å². The van der Waals surface area contributed by atoms with E-state index < -0.39 is 0 Å². The summed E-state index contributed by atoms with van der Waals surface area (Å²) in [6.07, 6.45) is 3.82. The Morgan fingerprint density at radius 2 is 2.00 bits per heavy atom. The van der Waals surface area contributed by atoms with Crippen LogP contribution in [0.15, 0.2) is 42.7 Å². The number of non-ortho nitro benzene ring substituents is 1. The zero-order valence-electron chi connectivity index (χ0n) is 8.34. The Hall–Kier alpha value is -1.62. The van der Waals surface area contributed by atoms with Gasteiger partial charge in [0.05, 0.1) is 4.92 Å². The normalized spacial score (nSPS) is 10.3. The van der Waals surface area contributed by atoms with Crippen LogP contribution in [0.1, 0.15) is 5.56 Å². The van der Waals surface area contributed by atoms with Gasteiger partial charge in [0, 0.05) is 35.5 Å². The Balaban J connectivity index is 2.51. The van der Waals surface area contributed by atoms with Crippen LogP contribution in [0.4, 0.5) is 5.69 Å². The lowest BCUT2D eigenvalue weighted by Crippen LogP contribution is -1.97. The van der Waals surface area contributed by atoms with E-state index in [1.165, 1.54) is 6.07 Å². The molecule has 1 aromatic heterocycles. The summed E-state index contributed by atoms with van der Waals surface area (Å²) >= 11 is 3.34. The van der Waals surface area contributed by atoms with E-state index in [1.54, 1.807) is 12.1 Å². The molecule has 2 aromatic rings. The molecule has 0 N–H and O–H groups in total. The molecular weight excluding hydrogens is 272 g/mol.